The molecule has 0 aliphatic rings. The smallest absolute Gasteiger partial charge is 0.120 e. The van der Waals surface area contributed by atoms with Crippen molar-refractivity contribution in [3.8, 4) is 5.75 Å². The molecule has 1 aromatic carbocycles. The molecular formula is C14H17NO2. The number of phenolic OH excluding ortho intramolecular Hbond substituents is 1. The van der Waals surface area contributed by atoms with Crippen LogP contribution in [0.4, 0.5) is 0 Å². The molecule has 0 bridgehead atoms. The first kappa shape index (κ1) is 11.7. The lowest BCUT2D eigenvalue weighted by molar-refractivity contribution is 0.392. The van der Waals surface area contributed by atoms with Crippen molar-refractivity contribution in [3.63, 3.8) is 0 Å². The van der Waals surface area contributed by atoms with Gasteiger partial charge in [0.1, 0.15) is 11.5 Å². The number of hydrogen-bond donors (Lipinski definition) is 2. The Labute approximate surface area is 101 Å². The minimum atomic E-state index is 0.0660. The molecule has 2 atom stereocenters. The van der Waals surface area contributed by atoms with E-state index in [0.29, 0.717) is 5.75 Å². The van der Waals surface area contributed by atoms with Crippen LogP contribution in [-0.2, 0) is 0 Å². The van der Waals surface area contributed by atoms with Crippen molar-refractivity contribution in [3.05, 3.63) is 54.0 Å². The second-order valence-electron chi connectivity index (χ2n) is 4.18. The normalized spacial score (nSPS) is 14.5. The summed E-state index contributed by atoms with van der Waals surface area (Å²) in [5, 5.41) is 13.1. The third kappa shape index (κ3) is 2.68. The molecule has 0 saturated carbocycles. The zero-order chi connectivity index (χ0) is 12.3. The molecule has 1 unspecified atom stereocenters. The highest BCUT2D eigenvalue weighted by Crippen LogP contribution is 2.25. The summed E-state index contributed by atoms with van der Waals surface area (Å²) in [6.45, 7) is 4.06. The summed E-state index contributed by atoms with van der Waals surface area (Å²) < 4.78 is 5.34. The number of aromatic hydroxyl groups is 1. The van der Waals surface area contributed by atoms with E-state index in [1.54, 1.807) is 12.3 Å². The topological polar surface area (TPSA) is 45.4 Å². The van der Waals surface area contributed by atoms with E-state index in [0.717, 1.165) is 11.3 Å². The molecule has 90 valence electrons. The maximum Gasteiger partial charge on any atom is 0.120 e. The number of furan rings is 1. The summed E-state index contributed by atoms with van der Waals surface area (Å²) in [6, 6.07) is 11.4. The van der Waals surface area contributed by atoms with Gasteiger partial charge < -0.3 is 14.8 Å². The average Bonchev–Trinajstić information content (AvgIpc) is 2.82. The number of para-hydroxylation sites is 1. The Morgan fingerprint density at radius 3 is 2.47 bits per heavy atom. The zero-order valence-electron chi connectivity index (χ0n) is 10.1. The Hall–Kier alpha value is -1.74. The molecule has 0 saturated heterocycles. The van der Waals surface area contributed by atoms with Crippen molar-refractivity contribution in [2.24, 2.45) is 0 Å². The molecule has 0 amide bonds. The second kappa shape index (κ2) is 5.06. The van der Waals surface area contributed by atoms with E-state index in [2.05, 4.69) is 5.32 Å². The van der Waals surface area contributed by atoms with Gasteiger partial charge in [-0.05, 0) is 32.0 Å². The van der Waals surface area contributed by atoms with Crippen LogP contribution in [0, 0.1) is 0 Å². The van der Waals surface area contributed by atoms with Crippen LogP contribution in [0.25, 0.3) is 0 Å². The van der Waals surface area contributed by atoms with Crippen LogP contribution in [0.2, 0.25) is 0 Å². The van der Waals surface area contributed by atoms with Crippen molar-refractivity contribution in [2.75, 3.05) is 0 Å². The van der Waals surface area contributed by atoms with Gasteiger partial charge in [-0.2, -0.15) is 0 Å². The van der Waals surface area contributed by atoms with Crippen LogP contribution >= 0.6 is 0 Å². The Morgan fingerprint density at radius 2 is 1.82 bits per heavy atom. The molecule has 2 N–H and O–H groups in total. The predicted molar refractivity (Wildman–Crippen MR) is 66.8 cm³/mol. The Bertz CT molecular complexity index is 465. The van der Waals surface area contributed by atoms with Crippen molar-refractivity contribution >= 4 is 0 Å². The van der Waals surface area contributed by atoms with E-state index in [9.17, 15) is 5.11 Å². The summed E-state index contributed by atoms with van der Waals surface area (Å²) in [4.78, 5) is 0. The number of benzene rings is 1. The summed E-state index contributed by atoms with van der Waals surface area (Å²) in [5.74, 6) is 1.21. The molecule has 17 heavy (non-hydrogen) atoms. The number of rotatable bonds is 4. The third-order valence-electron chi connectivity index (χ3n) is 2.87. The number of nitrogens with one attached hydrogen (secondary N) is 1. The van der Waals surface area contributed by atoms with E-state index < -0.39 is 0 Å². The molecule has 3 heteroatoms. The van der Waals surface area contributed by atoms with Gasteiger partial charge in [-0.15, -0.1) is 0 Å². The molecule has 2 aromatic rings. The molecule has 3 nitrogen and oxygen atoms in total. The summed E-state index contributed by atoms with van der Waals surface area (Å²) in [5.41, 5.74) is 0.894. The first-order valence-electron chi connectivity index (χ1n) is 5.76. The van der Waals surface area contributed by atoms with Gasteiger partial charge in [-0.25, -0.2) is 0 Å². The molecular weight excluding hydrogens is 214 g/mol. The average molecular weight is 231 g/mol. The lowest BCUT2D eigenvalue weighted by Gasteiger charge is -2.19. The molecule has 1 heterocycles. The highest BCUT2D eigenvalue weighted by atomic mass is 16.3. The van der Waals surface area contributed by atoms with Crippen LogP contribution in [0.3, 0.4) is 0 Å². The molecule has 0 fully saturated rings. The standard InChI is InChI=1S/C14H17NO2/c1-10(12-6-3-4-7-13(12)16)15-11(2)14-8-5-9-17-14/h3-11,15-16H,1-2H3/t10?,11-/m1/s1. The van der Waals surface area contributed by atoms with E-state index in [1.165, 1.54) is 0 Å². The molecule has 0 aliphatic carbocycles. The molecule has 0 spiro atoms. The molecule has 1 aromatic heterocycles. The van der Waals surface area contributed by atoms with Gasteiger partial charge in [0, 0.05) is 11.6 Å². The Morgan fingerprint density at radius 1 is 1.06 bits per heavy atom. The fraction of sp³-hybridized carbons (Fsp3) is 0.286. The minimum Gasteiger partial charge on any atom is -0.508 e. The second-order valence-corrected chi connectivity index (χ2v) is 4.18. The van der Waals surface area contributed by atoms with Gasteiger partial charge >= 0.3 is 0 Å². The highest BCUT2D eigenvalue weighted by Gasteiger charge is 2.14. The highest BCUT2D eigenvalue weighted by molar-refractivity contribution is 5.34. The maximum absolute atomic E-state index is 9.76. The Kier molecular flexibility index (Phi) is 3.49. The van der Waals surface area contributed by atoms with E-state index >= 15 is 0 Å². The molecule has 0 radical (unpaired) electrons. The van der Waals surface area contributed by atoms with Crippen molar-refractivity contribution < 1.29 is 9.52 Å². The van der Waals surface area contributed by atoms with E-state index in [4.69, 9.17) is 4.42 Å². The fourth-order valence-corrected chi connectivity index (χ4v) is 1.94. The monoisotopic (exact) mass is 231 g/mol. The van der Waals surface area contributed by atoms with Crippen LogP contribution in [0.15, 0.2) is 47.1 Å². The molecule has 0 aliphatic heterocycles. The van der Waals surface area contributed by atoms with Gasteiger partial charge in [0.2, 0.25) is 0 Å². The summed E-state index contributed by atoms with van der Waals surface area (Å²) >= 11 is 0. The van der Waals surface area contributed by atoms with Gasteiger partial charge in [0.15, 0.2) is 0 Å². The SMILES string of the molecule is CC(N[C@H](C)c1ccco1)c1ccccc1O. The van der Waals surface area contributed by atoms with Crippen molar-refractivity contribution in [2.45, 2.75) is 25.9 Å². The van der Waals surface area contributed by atoms with Gasteiger partial charge in [-0.1, -0.05) is 18.2 Å². The van der Waals surface area contributed by atoms with Crippen LogP contribution < -0.4 is 5.32 Å². The zero-order valence-corrected chi connectivity index (χ0v) is 10.1. The Balaban J connectivity index is 2.07. The minimum absolute atomic E-state index is 0.0660. The van der Waals surface area contributed by atoms with Crippen molar-refractivity contribution in [1.29, 1.82) is 0 Å². The maximum atomic E-state index is 9.76. The predicted octanol–water partition coefficient (Wildman–Crippen LogP) is 3.40. The van der Waals surface area contributed by atoms with E-state index in [1.807, 2.05) is 44.2 Å². The summed E-state index contributed by atoms with van der Waals surface area (Å²) in [7, 11) is 0. The van der Waals surface area contributed by atoms with E-state index in [-0.39, 0.29) is 12.1 Å². The first-order chi connectivity index (χ1) is 8.18. The van der Waals surface area contributed by atoms with Gasteiger partial charge in [0.05, 0.1) is 12.3 Å². The fourth-order valence-electron chi connectivity index (χ4n) is 1.94. The third-order valence-corrected chi connectivity index (χ3v) is 2.87. The van der Waals surface area contributed by atoms with Crippen molar-refractivity contribution in [1.82, 2.24) is 5.32 Å². The largest absolute Gasteiger partial charge is 0.508 e. The quantitative estimate of drug-likeness (QED) is 0.847. The van der Waals surface area contributed by atoms with Gasteiger partial charge in [0.25, 0.3) is 0 Å². The first-order valence-corrected chi connectivity index (χ1v) is 5.76. The number of hydrogen-bond acceptors (Lipinski definition) is 3. The van der Waals surface area contributed by atoms with Crippen LogP contribution in [0.1, 0.15) is 37.3 Å². The van der Waals surface area contributed by atoms with Crippen LogP contribution in [0.5, 0.6) is 5.75 Å². The lowest BCUT2D eigenvalue weighted by atomic mass is 10.1. The molecule has 2 rings (SSSR count). The van der Waals surface area contributed by atoms with Gasteiger partial charge in [-0.3, -0.25) is 0 Å². The number of phenols is 1. The van der Waals surface area contributed by atoms with Crippen LogP contribution in [-0.4, -0.2) is 5.11 Å². The summed E-state index contributed by atoms with van der Waals surface area (Å²) in [6.07, 6.45) is 1.66. The lowest BCUT2D eigenvalue weighted by Crippen LogP contribution is -2.22.